The van der Waals surface area contributed by atoms with Crippen molar-refractivity contribution in [2.24, 2.45) is 17.9 Å². The van der Waals surface area contributed by atoms with Gasteiger partial charge in [0.05, 0.1) is 5.56 Å². The van der Waals surface area contributed by atoms with E-state index in [0.29, 0.717) is 11.3 Å². The molecule has 1 aromatic heterocycles. The normalized spacial score (nSPS) is 16.9. The van der Waals surface area contributed by atoms with E-state index < -0.39 is 0 Å². The van der Waals surface area contributed by atoms with Crippen LogP contribution in [-0.2, 0) is 13.5 Å². The third kappa shape index (κ3) is 4.45. The predicted octanol–water partition coefficient (Wildman–Crippen LogP) is 10.3. The van der Waals surface area contributed by atoms with E-state index >= 15 is 0 Å². The van der Waals surface area contributed by atoms with Crippen LogP contribution < -0.4 is 9.30 Å². The molecular formula is C37H46NO+. The van der Waals surface area contributed by atoms with Gasteiger partial charge in [0.1, 0.15) is 12.8 Å². The summed E-state index contributed by atoms with van der Waals surface area (Å²) in [6.07, 6.45) is 11.3. The molecule has 0 amide bonds. The lowest BCUT2D eigenvalue weighted by Gasteiger charge is -2.39. The summed E-state index contributed by atoms with van der Waals surface area (Å²) in [4.78, 5) is 0. The third-order valence-electron chi connectivity index (χ3n) is 10.2. The van der Waals surface area contributed by atoms with Crippen molar-refractivity contribution in [3.8, 4) is 22.8 Å². The van der Waals surface area contributed by atoms with Crippen LogP contribution in [0.25, 0.3) is 32.8 Å². The monoisotopic (exact) mass is 520 g/mol. The molecule has 1 fully saturated rings. The summed E-state index contributed by atoms with van der Waals surface area (Å²) < 4.78 is 9.28. The molecule has 0 atom stereocenters. The Morgan fingerprint density at radius 2 is 1.67 bits per heavy atom. The van der Waals surface area contributed by atoms with Gasteiger partial charge in [-0.15, -0.1) is 0 Å². The molecule has 0 saturated heterocycles. The molecule has 4 aromatic rings. The number of ether oxygens (including phenoxy) is 1. The number of aromatic nitrogens is 1. The molecule has 204 valence electrons. The summed E-state index contributed by atoms with van der Waals surface area (Å²) >= 11 is 0. The summed E-state index contributed by atoms with van der Waals surface area (Å²) in [6, 6.07) is 14.2. The SMILES string of the molecule is CCC1(CC)CCC(c2ccc3c[n+](C)c4c(c3c2)Oc2cc(CC(C)(C)C)cc3cc(C)c(C)c-4c23)CC1. The van der Waals surface area contributed by atoms with Crippen LogP contribution in [-0.4, -0.2) is 0 Å². The first kappa shape index (κ1) is 26.4. The number of aryl methyl sites for hydroxylation is 2. The van der Waals surface area contributed by atoms with Crippen molar-refractivity contribution >= 4 is 21.5 Å². The number of benzene rings is 3. The van der Waals surface area contributed by atoms with Crippen molar-refractivity contribution in [3.63, 3.8) is 0 Å². The predicted molar refractivity (Wildman–Crippen MR) is 165 cm³/mol. The van der Waals surface area contributed by atoms with Crippen molar-refractivity contribution in [2.45, 2.75) is 99.3 Å². The lowest BCUT2D eigenvalue weighted by Crippen LogP contribution is -2.32. The number of hydrogen-bond acceptors (Lipinski definition) is 1. The van der Waals surface area contributed by atoms with Gasteiger partial charge in [-0.1, -0.05) is 65.7 Å². The smallest absolute Gasteiger partial charge is 0.257 e. The standard InChI is InChI=1S/C37H46NO/c1-9-37(10-2)15-13-26(14-16-37)27-11-12-28-22-38(8)34-32-24(4)23(3)17-29-18-25(21-36(5,6)7)19-31(33(29)32)39-35(34)30(28)20-27/h11-12,17-20,22,26H,9-10,13-16,21H2,1-8H3/q+1. The molecule has 1 aliphatic heterocycles. The zero-order valence-electron chi connectivity index (χ0n) is 25.4. The Hall–Kier alpha value is -2.87. The van der Waals surface area contributed by atoms with Crippen LogP contribution in [0.5, 0.6) is 11.5 Å². The number of hydrogen-bond donors (Lipinski definition) is 0. The van der Waals surface area contributed by atoms with E-state index in [1.807, 2.05) is 0 Å². The van der Waals surface area contributed by atoms with Crippen LogP contribution in [0, 0.1) is 24.7 Å². The highest BCUT2D eigenvalue weighted by Gasteiger charge is 2.35. The Balaban J connectivity index is 1.52. The van der Waals surface area contributed by atoms with E-state index in [-0.39, 0.29) is 5.41 Å². The Morgan fingerprint density at radius 3 is 2.33 bits per heavy atom. The largest absolute Gasteiger partial charge is 0.449 e. The van der Waals surface area contributed by atoms with Gasteiger partial charge in [-0.25, -0.2) is 0 Å². The molecule has 0 N–H and O–H groups in total. The molecule has 2 heteroatoms. The zero-order chi connectivity index (χ0) is 27.7. The van der Waals surface area contributed by atoms with Gasteiger partial charge in [-0.2, -0.15) is 4.57 Å². The minimum Gasteiger partial charge on any atom is -0.449 e. The molecule has 2 heterocycles. The second kappa shape index (κ2) is 9.36. The van der Waals surface area contributed by atoms with Gasteiger partial charge in [0, 0.05) is 16.2 Å². The highest BCUT2D eigenvalue weighted by atomic mass is 16.5. The maximum Gasteiger partial charge on any atom is 0.257 e. The summed E-state index contributed by atoms with van der Waals surface area (Å²) in [5, 5.41) is 5.06. The van der Waals surface area contributed by atoms with Crippen LogP contribution in [0.3, 0.4) is 0 Å². The third-order valence-corrected chi connectivity index (χ3v) is 10.2. The highest BCUT2D eigenvalue weighted by Crippen LogP contribution is 2.51. The molecule has 0 bridgehead atoms. The van der Waals surface area contributed by atoms with Gasteiger partial charge >= 0.3 is 0 Å². The van der Waals surface area contributed by atoms with E-state index in [0.717, 1.165) is 17.9 Å². The van der Waals surface area contributed by atoms with E-state index in [4.69, 9.17) is 4.74 Å². The van der Waals surface area contributed by atoms with Gasteiger partial charge in [0.2, 0.25) is 5.75 Å². The maximum atomic E-state index is 6.98. The second-order valence-corrected chi connectivity index (χ2v) is 14.0. The molecule has 6 rings (SSSR count). The number of fused-ring (bicyclic) bond motifs is 4. The minimum absolute atomic E-state index is 0.219. The average Bonchev–Trinajstić information content (AvgIpc) is 2.90. The summed E-state index contributed by atoms with van der Waals surface area (Å²) in [6.45, 7) is 16.3. The number of nitrogens with zero attached hydrogens (tertiary/aromatic N) is 1. The topological polar surface area (TPSA) is 13.1 Å². The van der Waals surface area contributed by atoms with Gasteiger partial charge in [0.25, 0.3) is 5.69 Å². The van der Waals surface area contributed by atoms with Crippen molar-refractivity contribution < 1.29 is 9.30 Å². The quantitative estimate of drug-likeness (QED) is 0.215. The highest BCUT2D eigenvalue weighted by molar-refractivity contribution is 6.07. The lowest BCUT2D eigenvalue weighted by atomic mass is 9.66. The summed E-state index contributed by atoms with van der Waals surface area (Å²) in [5.74, 6) is 2.69. The van der Waals surface area contributed by atoms with E-state index in [2.05, 4.69) is 103 Å². The summed E-state index contributed by atoms with van der Waals surface area (Å²) in [7, 11) is 2.18. The Morgan fingerprint density at radius 1 is 0.949 bits per heavy atom. The molecule has 0 radical (unpaired) electrons. The molecule has 2 nitrogen and oxygen atoms in total. The number of rotatable bonds is 4. The average molecular weight is 521 g/mol. The minimum atomic E-state index is 0.219. The van der Waals surface area contributed by atoms with Gasteiger partial charge in [0.15, 0.2) is 6.20 Å². The van der Waals surface area contributed by atoms with Crippen molar-refractivity contribution in [3.05, 3.63) is 64.8 Å². The maximum absolute atomic E-state index is 6.98. The van der Waals surface area contributed by atoms with E-state index in [1.165, 1.54) is 93.6 Å². The molecule has 3 aromatic carbocycles. The number of pyridine rings is 1. The fourth-order valence-corrected chi connectivity index (χ4v) is 7.62. The first-order valence-electron chi connectivity index (χ1n) is 15.2. The Labute approximate surface area is 235 Å². The molecule has 39 heavy (non-hydrogen) atoms. The van der Waals surface area contributed by atoms with Crippen molar-refractivity contribution in [1.29, 1.82) is 0 Å². The van der Waals surface area contributed by atoms with E-state index in [9.17, 15) is 0 Å². The van der Waals surface area contributed by atoms with Crippen LogP contribution in [0.15, 0.2) is 42.6 Å². The zero-order valence-corrected chi connectivity index (χ0v) is 25.4. The second-order valence-electron chi connectivity index (χ2n) is 14.0. The fourth-order valence-electron chi connectivity index (χ4n) is 7.62. The van der Waals surface area contributed by atoms with Crippen molar-refractivity contribution in [1.82, 2.24) is 0 Å². The van der Waals surface area contributed by atoms with Gasteiger partial charge in [-0.3, -0.25) is 0 Å². The van der Waals surface area contributed by atoms with E-state index in [1.54, 1.807) is 0 Å². The molecule has 0 unspecified atom stereocenters. The molecular weight excluding hydrogens is 474 g/mol. The first-order valence-corrected chi connectivity index (χ1v) is 15.2. The van der Waals surface area contributed by atoms with Gasteiger partial charge in [-0.05, 0) is 109 Å². The van der Waals surface area contributed by atoms with Crippen molar-refractivity contribution in [2.75, 3.05) is 0 Å². The van der Waals surface area contributed by atoms with Crippen LogP contribution in [0.2, 0.25) is 0 Å². The molecule has 1 saturated carbocycles. The van der Waals surface area contributed by atoms with Crippen LogP contribution in [0.4, 0.5) is 0 Å². The fraction of sp³-hybridized carbons (Fsp3) is 0.486. The van der Waals surface area contributed by atoms with Gasteiger partial charge < -0.3 is 4.74 Å². The lowest BCUT2D eigenvalue weighted by molar-refractivity contribution is -0.659. The molecule has 1 aliphatic carbocycles. The van der Waals surface area contributed by atoms with Crippen LogP contribution >= 0.6 is 0 Å². The summed E-state index contributed by atoms with van der Waals surface area (Å²) in [5.41, 5.74) is 8.87. The Bertz CT molecular complexity index is 1590. The Kier molecular flexibility index (Phi) is 6.32. The first-order chi connectivity index (χ1) is 18.5. The molecule has 2 aliphatic rings. The van der Waals surface area contributed by atoms with Crippen LogP contribution in [0.1, 0.15) is 101 Å². The molecule has 0 spiro atoms.